The maximum Gasteiger partial charge on any atom is 0.316 e. The normalized spacial score (nSPS) is 13.3. The number of aromatic nitrogens is 2. The minimum absolute atomic E-state index is 0.201. The van der Waals surface area contributed by atoms with Crippen molar-refractivity contribution in [3.63, 3.8) is 0 Å². The molecule has 7 nitrogen and oxygen atoms in total. The number of nitrogens with one attached hydrogen (secondary N) is 1. The summed E-state index contributed by atoms with van der Waals surface area (Å²) < 4.78 is 3.15. The van der Waals surface area contributed by atoms with Gasteiger partial charge in [0.25, 0.3) is 5.56 Å². The van der Waals surface area contributed by atoms with Gasteiger partial charge in [0.1, 0.15) is 10.9 Å². The average Bonchev–Trinajstić information content (AvgIpc) is 2.78. The molecule has 0 saturated heterocycles. The highest BCUT2D eigenvalue weighted by Gasteiger charge is 2.24. The van der Waals surface area contributed by atoms with Gasteiger partial charge >= 0.3 is 5.97 Å². The zero-order valence-electron chi connectivity index (χ0n) is 14.5. The Morgan fingerprint density at radius 1 is 1.16 bits per heavy atom. The molecule has 0 aliphatic carbocycles. The van der Waals surface area contributed by atoms with Crippen LogP contribution in [0.2, 0.25) is 0 Å². The van der Waals surface area contributed by atoms with E-state index in [1.54, 1.807) is 37.7 Å². The molecule has 1 aromatic heterocycles. The first-order valence-electron chi connectivity index (χ1n) is 7.77. The molecular weight excluding hydrogens is 342 g/mol. The number of benzene rings is 1. The first kappa shape index (κ1) is 18.9. The van der Waals surface area contributed by atoms with Crippen LogP contribution in [0, 0.1) is 6.92 Å². The molecule has 0 fully saturated rings. The molecule has 2 unspecified atom stereocenters. The predicted octanol–water partition coefficient (Wildman–Crippen LogP) is 2.02. The zero-order valence-corrected chi connectivity index (χ0v) is 15.3. The summed E-state index contributed by atoms with van der Waals surface area (Å²) in [6.45, 7) is 4.88. The SMILES string of the molecule is Cc1c(NC(=O)C(C)SC(C)C(=O)O)c(=O)n(-c2ccccc2)n1C. The van der Waals surface area contributed by atoms with Crippen molar-refractivity contribution in [2.45, 2.75) is 31.3 Å². The number of aliphatic carboxylic acids is 1. The van der Waals surface area contributed by atoms with Crippen molar-refractivity contribution in [3.05, 3.63) is 46.4 Å². The molecule has 2 atom stereocenters. The maximum absolute atomic E-state index is 12.7. The molecule has 134 valence electrons. The van der Waals surface area contributed by atoms with Crippen molar-refractivity contribution in [2.75, 3.05) is 5.32 Å². The molecule has 2 rings (SSSR count). The van der Waals surface area contributed by atoms with E-state index >= 15 is 0 Å². The standard InChI is InChI=1S/C17H21N3O4S/c1-10-14(18-15(21)11(2)25-12(3)17(23)24)16(22)20(19(10)4)13-8-6-5-7-9-13/h5-9,11-12H,1-4H3,(H,18,21)(H,23,24). The number of carbonyl (C=O) groups excluding carboxylic acids is 1. The van der Waals surface area contributed by atoms with E-state index < -0.39 is 22.4 Å². The van der Waals surface area contributed by atoms with Crippen LogP contribution in [0.15, 0.2) is 35.1 Å². The third kappa shape index (κ3) is 3.96. The first-order valence-corrected chi connectivity index (χ1v) is 8.71. The molecule has 0 spiro atoms. The van der Waals surface area contributed by atoms with Gasteiger partial charge in [-0.2, -0.15) is 0 Å². The molecule has 0 aliphatic rings. The van der Waals surface area contributed by atoms with Gasteiger partial charge in [-0.15, -0.1) is 11.8 Å². The van der Waals surface area contributed by atoms with E-state index in [0.29, 0.717) is 11.4 Å². The number of anilines is 1. The third-order valence-electron chi connectivity index (χ3n) is 3.93. The van der Waals surface area contributed by atoms with Gasteiger partial charge in [0.05, 0.1) is 16.6 Å². The Balaban J connectivity index is 2.28. The number of carbonyl (C=O) groups is 2. The van der Waals surface area contributed by atoms with E-state index in [1.807, 2.05) is 18.2 Å². The lowest BCUT2D eigenvalue weighted by Gasteiger charge is -2.13. The summed E-state index contributed by atoms with van der Waals surface area (Å²) in [4.78, 5) is 36.0. The number of hydrogen-bond acceptors (Lipinski definition) is 4. The molecule has 0 bridgehead atoms. The highest BCUT2D eigenvalue weighted by atomic mass is 32.2. The second-order valence-electron chi connectivity index (χ2n) is 5.68. The highest BCUT2D eigenvalue weighted by Crippen LogP contribution is 2.20. The molecule has 1 aromatic carbocycles. The Hall–Kier alpha value is -2.48. The van der Waals surface area contributed by atoms with Gasteiger partial charge in [-0.05, 0) is 32.9 Å². The number of para-hydroxylation sites is 1. The van der Waals surface area contributed by atoms with E-state index in [9.17, 15) is 14.4 Å². The summed E-state index contributed by atoms with van der Waals surface area (Å²) >= 11 is 1.03. The number of hydrogen-bond donors (Lipinski definition) is 2. The Labute approximate surface area is 149 Å². The minimum Gasteiger partial charge on any atom is -0.480 e. The molecule has 0 aliphatic heterocycles. The predicted molar refractivity (Wildman–Crippen MR) is 98.5 cm³/mol. The zero-order chi connectivity index (χ0) is 18.7. The van der Waals surface area contributed by atoms with Crippen molar-refractivity contribution in [2.24, 2.45) is 7.05 Å². The van der Waals surface area contributed by atoms with Crippen LogP contribution in [0.3, 0.4) is 0 Å². The summed E-state index contributed by atoms with van der Waals surface area (Å²) in [6, 6.07) is 9.12. The van der Waals surface area contributed by atoms with E-state index in [2.05, 4.69) is 5.32 Å². The molecular formula is C17H21N3O4S. The quantitative estimate of drug-likeness (QED) is 0.819. The fraction of sp³-hybridized carbons (Fsp3) is 0.353. The van der Waals surface area contributed by atoms with Gasteiger partial charge in [-0.1, -0.05) is 18.2 Å². The second kappa shape index (κ2) is 7.60. The number of carboxylic acids is 1. The number of carboxylic acid groups (broad SMARTS) is 1. The number of thioether (sulfide) groups is 1. The molecule has 0 saturated carbocycles. The first-order chi connectivity index (χ1) is 11.7. The van der Waals surface area contributed by atoms with E-state index in [1.165, 1.54) is 11.6 Å². The van der Waals surface area contributed by atoms with Crippen molar-refractivity contribution < 1.29 is 14.7 Å². The molecule has 2 N–H and O–H groups in total. The smallest absolute Gasteiger partial charge is 0.316 e. The summed E-state index contributed by atoms with van der Waals surface area (Å²) in [5, 5.41) is 10.3. The lowest BCUT2D eigenvalue weighted by molar-refractivity contribution is -0.136. The Bertz CT molecular complexity index is 842. The van der Waals surface area contributed by atoms with Crippen LogP contribution in [0.4, 0.5) is 5.69 Å². The Kier molecular flexibility index (Phi) is 5.73. The molecule has 25 heavy (non-hydrogen) atoms. The Morgan fingerprint density at radius 3 is 2.32 bits per heavy atom. The summed E-state index contributed by atoms with van der Waals surface area (Å²) in [7, 11) is 1.74. The Morgan fingerprint density at radius 2 is 1.76 bits per heavy atom. The minimum atomic E-state index is -0.980. The maximum atomic E-state index is 12.7. The van der Waals surface area contributed by atoms with Crippen LogP contribution in [0.25, 0.3) is 5.69 Å². The number of rotatable bonds is 6. The number of nitrogens with zero attached hydrogens (tertiary/aromatic N) is 2. The molecule has 0 radical (unpaired) electrons. The van der Waals surface area contributed by atoms with Gasteiger partial charge in [0.2, 0.25) is 5.91 Å². The van der Waals surface area contributed by atoms with Crippen LogP contribution in [0.1, 0.15) is 19.5 Å². The van der Waals surface area contributed by atoms with Crippen LogP contribution in [-0.4, -0.2) is 36.8 Å². The summed E-state index contributed by atoms with van der Waals surface area (Å²) in [5.41, 5.74) is 1.18. The fourth-order valence-electron chi connectivity index (χ4n) is 2.36. The van der Waals surface area contributed by atoms with E-state index in [0.717, 1.165) is 11.8 Å². The lowest BCUT2D eigenvalue weighted by Crippen LogP contribution is -2.29. The monoisotopic (exact) mass is 363 g/mol. The van der Waals surface area contributed by atoms with Gasteiger partial charge in [0.15, 0.2) is 0 Å². The number of amides is 1. The van der Waals surface area contributed by atoms with E-state index in [-0.39, 0.29) is 11.2 Å². The van der Waals surface area contributed by atoms with Crippen LogP contribution in [-0.2, 0) is 16.6 Å². The largest absolute Gasteiger partial charge is 0.480 e. The molecule has 1 amide bonds. The van der Waals surface area contributed by atoms with Crippen LogP contribution >= 0.6 is 11.8 Å². The van der Waals surface area contributed by atoms with Crippen molar-refractivity contribution in [3.8, 4) is 5.69 Å². The van der Waals surface area contributed by atoms with Gasteiger partial charge in [0, 0.05) is 7.05 Å². The second-order valence-corrected chi connectivity index (χ2v) is 7.37. The van der Waals surface area contributed by atoms with E-state index in [4.69, 9.17) is 5.11 Å². The van der Waals surface area contributed by atoms with Crippen molar-refractivity contribution >= 4 is 29.3 Å². The third-order valence-corrected chi connectivity index (χ3v) is 5.16. The van der Waals surface area contributed by atoms with Gasteiger partial charge in [-0.3, -0.25) is 19.1 Å². The highest BCUT2D eigenvalue weighted by molar-refractivity contribution is 8.01. The topological polar surface area (TPSA) is 93.3 Å². The van der Waals surface area contributed by atoms with Gasteiger partial charge < -0.3 is 10.4 Å². The average molecular weight is 363 g/mol. The van der Waals surface area contributed by atoms with Crippen molar-refractivity contribution in [1.82, 2.24) is 9.36 Å². The molecule has 1 heterocycles. The fourth-order valence-corrected chi connectivity index (χ4v) is 3.27. The lowest BCUT2D eigenvalue weighted by atomic mass is 10.3. The van der Waals surface area contributed by atoms with Crippen LogP contribution in [0.5, 0.6) is 0 Å². The molecule has 8 heteroatoms. The molecule has 2 aromatic rings. The van der Waals surface area contributed by atoms with Crippen LogP contribution < -0.4 is 10.9 Å². The van der Waals surface area contributed by atoms with Gasteiger partial charge in [-0.25, -0.2) is 4.68 Å². The van der Waals surface area contributed by atoms with Crippen molar-refractivity contribution in [1.29, 1.82) is 0 Å². The summed E-state index contributed by atoms with van der Waals surface area (Å²) in [6.07, 6.45) is 0. The summed E-state index contributed by atoms with van der Waals surface area (Å²) in [5.74, 6) is -1.38.